The maximum absolute atomic E-state index is 11.9. The lowest BCUT2D eigenvalue weighted by Crippen LogP contribution is -2.37. The van der Waals surface area contributed by atoms with Gasteiger partial charge in [0.05, 0.1) is 24.0 Å². The third kappa shape index (κ3) is 1.72. The summed E-state index contributed by atoms with van der Waals surface area (Å²) in [5.41, 5.74) is 0.0787. The Morgan fingerprint density at radius 1 is 1.53 bits per heavy atom. The number of aliphatic hydroxyl groups is 1. The maximum atomic E-state index is 11.9. The zero-order valence-corrected chi connectivity index (χ0v) is 8.90. The highest BCUT2D eigenvalue weighted by atomic mass is 16.3. The minimum absolute atomic E-state index is 0.169. The van der Waals surface area contributed by atoms with Crippen LogP contribution in [-0.4, -0.2) is 10.9 Å². The average molecular weight is 208 g/mol. The molecule has 0 aromatic carbocycles. The van der Waals surface area contributed by atoms with Gasteiger partial charge in [-0.05, 0) is 25.8 Å². The number of hydrogen-bond donors (Lipinski definition) is 1. The number of ketones is 1. The highest BCUT2D eigenvalue weighted by Gasteiger charge is 2.42. The second-order valence-corrected chi connectivity index (χ2v) is 4.51. The summed E-state index contributed by atoms with van der Waals surface area (Å²) < 4.78 is 4.94. The van der Waals surface area contributed by atoms with E-state index in [-0.39, 0.29) is 5.78 Å². The van der Waals surface area contributed by atoms with Gasteiger partial charge in [0.1, 0.15) is 5.78 Å². The van der Waals surface area contributed by atoms with Crippen molar-refractivity contribution in [2.45, 2.75) is 38.7 Å². The third-order valence-electron chi connectivity index (χ3n) is 3.45. The number of carbonyl (C=O) groups is 1. The first-order valence-electron chi connectivity index (χ1n) is 5.38. The molecule has 0 radical (unpaired) electrons. The lowest BCUT2D eigenvalue weighted by Gasteiger charge is -2.35. The highest BCUT2D eigenvalue weighted by Crippen LogP contribution is 2.43. The van der Waals surface area contributed by atoms with Crippen molar-refractivity contribution >= 4 is 5.78 Å². The summed E-state index contributed by atoms with van der Waals surface area (Å²) in [6.45, 7) is 1.85. The fraction of sp³-hybridized carbons (Fsp3) is 0.583. The molecule has 0 saturated heterocycles. The van der Waals surface area contributed by atoms with Crippen molar-refractivity contribution in [2.24, 2.45) is 5.41 Å². The van der Waals surface area contributed by atoms with Gasteiger partial charge in [-0.2, -0.15) is 0 Å². The van der Waals surface area contributed by atoms with Crippen molar-refractivity contribution in [2.75, 3.05) is 0 Å². The topological polar surface area (TPSA) is 50.4 Å². The molecule has 3 heteroatoms. The van der Waals surface area contributed by atoms with Gasteiger partial charge in [-0.3, -0.25) is 4.79 Å². The van der Waals surface area contributed by atoms with Crippen LogP contribution in [0.1, 0.15) is 44.3 Å². The highest BCUT2D eigenvalue weighted by molar-refractivity contribution is 5.85. The van der Waals surface area contributed by atoms with Gasteiger partial charge in [-0.25, -0.2) is 0 Å². The Kier molecular flexibility index (Phi) is 2.65. The second-order valence-electron chi connectivity index (χ2n) is 4.51. The van der Waals surface area contributed by atoms with Crippen LogP contribution in [-0.2, 0) is 4.79 Å². The van der Waals surface area contributed by atoms with Gasteiger partial charge in [-0.15, -0.1) is 0 Å². The molecule has 2 unspecified atom stereocenters. The van der Waals surface area contributed by atoms with Crippen LogP contribution in [0.25, 0.3) is 0 Å². The van der Waals surface area contributed by atoms with Crippen molar-refractivity contribution in [3.05, 3.63) is 24.2 Å². The van der Waals surface area contributed by atoms with Crippen LogP contribution >= 0.6 is 0 Å². The minimum atomic E-state index is -0.732. The standard InChI is InChI=1S/C12H16O3/c1-12(6-3-2-4-10(12)13)11(14)9-5-7-15-8-9/h5,7-8,11,14H,2-4,6H2,1H3. The molecule has 1 heterocycles. The Bertz CT molecular complexity index is 342. The van der Waals surface area contributed by atoms with E-state index in [2.05, 4.69) is 0 Å². The molecule has 15 heavy (non-hydrogen) atoms. The van der Waals surface area contributed by atoms with E-state index < -0.39 is 11.5 Å². The molecule has 2 rings (SSSR count). The first-order valence-corrected chi connectivity index (χ1v) is 5.38. The molecule has 1 aromatic rings. The average Bonchev–Trinajstić information content (AvgIpc) is 2.74. The van der Waals surface area contributed by atoms with Crippen LogP contribution in [0.4, 0.5) is 0 Å². The van der Waals surface area contributed by atoms with Gasteiger partial charge in [0.25, 0.3) is 0 Å². The maximum Gasteiger partial charge on any atom is 0.141 e. The Morgan fingerprint density at radius 2 is 2.33 bits per heavy atom. The Hall–Kier alpha value is -1.09. The van der Waals surface area contributed by atoms with E-state index in [0.717, 1.165) is 19.3 Å². The van der Waals surface area contributed by atoms with Gasteiger partial charge < -0.3 is 9.52 Å². The summed E-state index contributed by atoms with van der Waals surface area (Å²) in [6, 6.07) is 1.72. The number of hydrogen-bond acceptors (Lipinski definition) is 3. The number of aliphatic hydroxyl groups excluding tert-OH is 1. The molecule has 82 valence electrons. The minimum Gasteiger partial charge on any atom is -0.472 e. The fourth-order valence-electron chi connectivity index (χ4n) is 2.29. The molecule has 3 nitrogen and oxygen atoms in total. The Labute approximate surface area is 89.1 Å². The van der Waals surface area contributed by atoms with Crippen LogP contribution in [0, 0.1) is 5.41 Å². The van der Waals surface area contributed by atoms with E-state index in [4.69, 9.17) is 4.42 Å². The molecule has 0 amide bonds. The normalized spacial score (nSPS) is 29.1. The largest absolute Gasteiger partial charge is 0.472 e. The lowest BCUT2D eigenvalue weighted by atomic mass is 9.69. The van der Waals surface area contributed by atoms with Crippen molar-refractivity contribution in [1.82, 2.24) is 0 Å². The molecular formula is C12H16O3. The first kappa shape index (κ1) is 10.4. The smallest absolute Gasteiger partial charge is 0.141 e. The van der Waals surface area contributed by atoms with Crippen LogP contribution < -0.4 is 0 Å². The first-order chi connectivity index (χ1) is 7.14. The molecule has 1 aromatic heterocycles. The summed E-state index contributed by atoms with van der Waals surface area (Å²) in [5, 5.41) is 10.2. The Balaban J connectivity index is 2.24. The summed E-state index contributed by atoms with van der Waals surface area (Å²) in [6.07, 6.45) is 5.62. The van der Waals surface area contributed by atoms with Crippen LogP contribution in [0.3, 0.4) is 0 Å². The van der Waals surface area contributed by atoms with Crippen molar-refractivity contribution in [3.63, 3.8) is 0 Å². The predicted molar refractivity (Wildman–Crippen MR) is 55.2 cm³/mol. The van der Waals surface area contributed by atoms with Gasteiger partial charge >= 0.3 is 0 Å². The molecule has 1 aliphatic rings. The third-order valence-corrected chi connectivity index (χ3v) is 3.45. The summed E-state index contributed by atoms with van der Waals surface area (Å²) in [4.78, 5) is 11.9. The quantitative estimate of drug-likeness (QED) is 0.812. The summed E-state index contributed by atoms with van der Waals surface area (Å²) in [5.74, 6) is 0.169. The van der Waals surface area contributed by atoms with Crippen LogP contribution in [0.15, 0.2) is 23.0 Å². The zero-order valence-electron chi connectivity index (χ0n) is 8.90. The van der Waals surface area contributed by atoms with E-state index >= 15 is 0 Å². The van der Waals surface area contributed by atoms with Crippen molar-refractivity contribution in [1.29, 1.82) is 0 Å². The summed E-state index contributed by atoms with van der Waals surface area (Å²) in [7, 11) is 0. The van der Waals surface area contributed by atoms with E-state index in [0.29, 0.717) is 12.0 Å². The summed E-state index contributed by atoms with van der Waals surface area (Å²) >= 11 is 0. The predicted octanol–water partition coefficient (Wildman–Crippen LogP) is 2.46. The number of carbonyl (C=O) groups excluding carboxylic acids is 1. The van der Waals surface area contributed by atoms with E-state index in [9.17, 15) is 9.90 Å². The van der Waals surface area contributed by atoms with Crippen LogP contribution in [0.2, 0.25) is 0 Å². The molecule has 0 bridgehead atoms. The molecule has 2 atom stereocenters. The van der Waals surface area contributed by atoms with Gasteiger partial charge in [0.15, 0.2) is 0 Å². The van der Waals surface area contributed by atoms with Gasteiger partial charge in [0, 0.05) is 12.0 Å². The monoisotopic (exact) mass is 208 g/mol. The molecule has 0 spiro atoms. The number of rotatable bonds is 2. The SMILES string of the molecule is CC1(C(O)c2ccoc2)CCCCC1=O. The van der Waals surface area contributed by atoms with Gasteiger partial charge in [0.2, 0.25) is 0 Å². The van der Waals surface area contributed by atoms with Crippen LogP contribution in [0.5, 0.6) is 0 Å². The fourth-order valence-corrected chi connectivity index (χ4v) is 2.29. The Morgan fingerprint density at radius 3 is 2.93 bits per heavy atom. The van der Waals surface area contributed by atoms with Crippen molar-refractivity contribution in [3.8, 4) is 0 Å². The molecule has 1 fully saturated rings. The molecule has 1 aliphatic carbocycles. The number of furan rings is 1. The van der Waals surface area contributed by atoms with E-state index in [1.165, 1.54) is 12.5 Å². The molecule has 1 N–H and O–H groups in total. The zero-order chi connectivity index (χ0) is 10.9. The second kappa shape index (κ2) is 3.81. The van der Waals surface area contributed by atoms with Gasteiger partial charge in [-0.1, -0.05) is 6.42 Å². The van der Waals surface area contributed by atoms with E-state index in [1.807, 2.05) is 6.92 Å². The van der Waals surface area contributed by atoms with Crippen molar-refractivity contribution < 1.29 is 14.3 Å². The molecular weight excluding hydrogens is 192 g/mol. The van der Waals surface area contributed by atoms with E-state index in [1.54, 1.807) is 6.07 Å². The number of Topliss-reactive ketones (excluding diaryl/α,β-unsaturated/α-hetero) is 1. The lowest BCUT2D eigenvalue weighted by molar-refractivity contribution is -0.138. The molecule has 0 aliphatic heterocycles. The molecule has 1 saturated carbocycles.